The zero-order chi connectivity index (χ0) is 9.47. The maximum Gasteiger partial charge on any atom is 0.164 e. The van der Waals surface area contributed by atoms with Crippen LogP contribution < -0.4 is 0 Å². The van der Waals surface area contributed by atoms with E-state index in [1.54, 1.807) is 0 Å². The van der Waals surface area contributed by atoms with Crippen molar-refractivity contribution in [3.8, 4) is 0 Å². The Morgan fingerprint density at radius 1 is 1.46 bits per heavy atom. The summed E-state index contributed by atoms with van der Waals surface area (Å²) < 4.78 is 11.4. The first-order valence-electron chi connectivity index (χ1n) is 4.75. The summed E-state index contributed by atoms with van der Waals surface area (Å²) in [5, 5.41) is 9.14. The molecule has 0 aromatic heterocycles. The van der Waals surface area contributed by atoms with E-state index >= 15 is 0 Å². The lowest BCUT2D eigenvalue weighted by molar-refractivity contribution is -0.148. The van der Waals surface area contributed by atoms with E-state index in [1.165, 1.54) is 0 Å². The number of aliphatic hydroxyl groups excluding tert-OH is 1. The second-order valence-electron chi connectivity index (χ2n) is 4.17. The Labute approximate surface area is 78.3 Å². The molecule has 3 heteroatoms. The minimum absolute atomic E-state index is 0.0286. The van der Waals surface area contributed by atoms with E-state index in [0.717, 1.165) is 6.42 Å². The maximum absolute atomic E-state index is 9.14. The molecule has 1 fully saturated rings. The summed E-state index contributed by atoms with van der Waals surface area (Å²) in [5.74, 6) is -0.311. The highest BCUT2D eigenvalue weighted by molar-refractivity contribution is 5.06. The molecule has 2 aliphatic rings. The summed E-state index contributed by atoms with van der Waals surface area (Å²) in [6.07, 6.45) is 5.04. The van der Waals surface area contributed by atoms with Crippen LogP contribution >= 0.6 is 0 Å². The van der Waals surface area contributed by atoms with Crippen molar-refractivity contribution in [2.24, 2.45) is 5.92 Å². The van der Waals surface area contributed by atoms with Gasteiger partial charge in [-0.15, -0.1) is 0 Å². The van der Waals surface area contributed by atoms with Gasteiger partial charge in [0, 0.05) is 12.5 Å². The van der Waals surface area contributed by atoms with Gasteiger partial charge in [0.25, 0.3) is 0 Å². The maximum atomic E-state index is 9.14. The van der Waals surface area contributed by atoms with Crippen LogP contribution in [0.15, 0.2) is 12.2 Å². The monoisotopic (exact) mass is 184 g/mol. The van der Waals surface area contributed by atoms with Crippen LogP contribution in [-0.4, -0.2) is 29.7 Å². The SMILES string of the molecule is CC1(C)O[C@H]2[C@@H](CO)CC=C[C@H]2O1. The zero-order valence-electron chi connectivity index (χ0n) is 8.06. The lowest BCUT2D eigenvalue weighted by Crippen LogP contribution is -2.34. The molecule has 1 heterocycles. The first-order valence-corrected chi connectivity index (χ1v) is 4.75. The van der Waals surface area contributed by atoms with Gasteiger partial charge in [0.1, 0.15) is 6.10 Å². The first kappa shape index (κ1) is 9.19. The van der Waals surface area contributed by atoms with Crippen molar-refractivity contribution in [2.75, 3.05) is 6.61 Å². The molecule has 0 saturated carbocycles. The summed E-state index contributed by atoms with van der Waals surface area (Å²) in [6.45, 7) is 3.99. The van der Waals surface area contributed by atoms with Gasteiger partial charge in [0.05, 0.1) is 6.10 Å². The number of ether oxygens (including phenoxy) is 2. The van der Waals surface area contributed by atoms with Crippen molar-refractivity contribution in [3.63, 3.8) is 0 Å². The third-order valence-corrected chi connectivity index (χ3v) is 2.63. The van der Waals surface area contributed by atoms with Gasteiger partial charge in [-0.25, -0.2) is 0 Å². The molecule has 1 saturated heterocycles. The standard InChI is InChI=1S/C10H16O3/c1-10(2)12-8-5-3-4-7(6-11)9(8)13-10/h3,5,7-9,11H,4,6H2,1-2H3/t7-,8-,9+/m1/s1. The van der Waals surface area contributed by atoms with Crippen LogP contribution in [0, 0.1) is 5.92 Å². The van der Waals surface area contributed by atoms with Gasteiger partial charge in [-0.3, -0.25) is 0 Å². The van der Waals surface area contributed by atoms with Crippen molar-refractivity contribution in [1.82, 2.24) is 0 Å². The number of rotatable bonds is 1. The minimum Gasteiger partial charge on any atom is -0.396 e. The van der Waals surface area contributed by atoms with Gasteiger partial charge in [-0.05, 0) is 20.3 Å². The topological polar surface area (TPSA) is 38.7 Å². The van der Waals surface area contributed by atoms with Crippen LogP contribution in [-0.2, 0) is 9.47 Å². The van der Waals surface area contributed by atoms with E-state index in [1.807, 2.05) is 19.9 Å². The second kappa shape index (κ2) is 3.08. The van der Waals surface area contributed by atoms with E-state index in [9.17, 15) is 0 Å². The molecule has 3 nitrogen and oxygen atoms in total. The summed E-state index contributed by atoms with van der Waals surface area (Å²) in [7, 11) is 0. The Balaban J connectivity index is 2.14. The Bertz CT molecular complexity index is 222. The summed E-state index contributed by atoms with van der Waals surface area (Å²) in [4.78, 5) is 0. The van der Waals surface area contributed by atoms with Gasteiger partial charge >= 0.3 is 0 Å². The molecule has 0 radical (unpaired) electrons. The van der Waals surface area contributed by atoms with E-state index in [2.05, 4.69) is 6.08 Å². The normalized spacial score (nSPS) is 41.9. The predicted molar refractivity (Wildman–Crippen MR) is 48.2 cm³/mol. The Kier molecular flexibility index (Phi) is 2.18. The lowest BCUT2D eigenvalue weighted by Gasteiger charge is -2.25. The highest BCUT2D eigenvalue weighted by Gasteiger charge is 2.44. The van der Waals surface area contributed by atoms with Gasteiger partial charge in [-0.1, -0.05) is 12.2 Å². The molecule has 2 rings (SSSR count). The van der Waals surface area contributed by atoms with E-state index in [0.29, 0.717) is 0 Å². The molecule has 0 amide bonds. The van der Waals surface area contributed by atoms with Gasteiger partial charge in [-0.2, -0.15) is 0 Å². The molecule has 0 aromatic rings. The summed E-state index contributed by atoms with van der Waals surface area (Å²) in [6, 6.07) is 0. The molecule has 1 aliphatic carbocycles. The van der Waals surface area contributed by atoms with Crippen LogP contribution in [0.3, 0.4) is 0 Å². The number of allylic oxidation sites excluding steroid dienone is 1. The van der Waals surface area contributed by atoms with Crippen molar-refractivity contribution in [3.05, 3.63) is 12.2 Å². The van der Waals surface area contributed by atoms with Crippen LogP contribution in [0.2, 0.25) is 0 Å². The van der Waals surface area contributed by atoms with E-state index in [-0.39, 0.29) is 24.7 Å². The molecular weight excluding hydrogens is 168 g/mol. The van der Waals surface area contributed by atoms with Crippen molar-refractivity contribution >= 4 is 0 Å². The molecule has 3 atom stereocenters. The van der Waals surface area contributed by atoms with Crippen LogP contribution in [0.1, 0.15) is 20.3 Å². The smallest absolute Gasteiger partial charge is 0.164 e. The van der Waals surface area contributed by atoms with Gasteiger partial charge in [0.2, 0.25) is 0 Å². The highest BCUT2D eigenvalue weighted by atomic mass is 16.8. The molecule has 1 N–H and O–H groups in total. The summed E-state index contributed by atoms with van der Waals surface area (Å²) >= 11 is 0. The Hall–Kier alpha value is -0.380. The van der Waals surface area contributed by atoms with Crippen molar-refractivity contribution in [1.29, 1.82) is 0 Å². The van der Waals surface area contributed by atoms with Crippen LogP contribution in [0.4, 0.5) is 0 Å². The average Bonchev–Trinajstić information content (AvgIpc) is 2.37. The predicted octanol–water partition coefficient (Wildman–Crippen LogP) is 1.07. The van der Waals surface area contributed by atoms with Crippen molar-refractivity contribution in [2.45, 2.75) is 38.3 Å². The second-order valence-corrected chi connectivity index (χ2v) is 4.17. The van der Waals surface area contributed by atoms with E-state index in [4.69, 9.17) is 14.6 Å². The Morgan fingerprint density at radius 3 is 2.92 bits per heavy atom. The van der Waals surface area contributed by atoms with Gasteiger partial charge < -0.3 is 14.6 Å². The van der Waals surface area contributed by atoms with Crippen molar-refractivity contribution < 1.29 is 14.6 Å². The molecule has 0 spiro atoms. The number of aliphatic hydroxyl groups is 1. The molecule has 0 bridgehead atoms. The minimum atomic E-state index is -0.503. The highest BCUT2D eigenvalue weighted by Crippen LogP contribution is 2.36. The molecular formula is C10H16O3. The largest absolute Gasteiger partial charge is 0.396 e. The first-order chi connectivity index (χ1) is 6.12. The lowest BCUT2D eigenvalue weighted by atomic mass is 9.90. The fraction of sp³-hybridized carbons (Fsp3) is 0.800. The fourth-order valence-electron chi connectivity index (χ4n) is 2.03. The van der Waals surface area contributed by atoms with Crippen LogP contribution in [0.5, 0.6) is 0 Å². The number of fused-ring (bicyclic) bond motifs is 1. The third kappa shape index (κ3) is 1.64. The molecule has 74 valence electrons. The van der Waals surface area contributed by atoms with E-state index < -0.39 is 5.79 Å². The molecule has 13 heavy (non-hydrogen) atoms. The zero-order valence-corrected chi connectivity index (χ0v) is 8.06. The summed E-state index contributed by atoms with van der Waals surface area (Å²) in [5.41, 5.74) is 0. The van der Waals surface area contributed by atoms with Gasteiger partial charge in [0.15, 0.2) is 5.79 Å². The number of hydrogen-bond donors (Lipinski definition) is 1. The van der Waals surface area contributed by atoms with Crippen LogP contribution in [0.25, 0.3) is 0 Å². The Morgan fingerprint density at radius 2 is 2.23 bits per heavy atom. The average molecular weight is 184 g/mol. The molecule has 1 aliphatic heterocycles. The molecule has 0 unspecified atom stereocenters. The third-order valence-electron chi connectivity index (χ3n) is 2.63. The number of hydrogen-bond acceptors (Lipinski definition) is 3. The molecule has 0 aromatic carbocycles. The fourth-order valence-corrected chi connectivity index (χ4v) is 2.03. The quantitative estimate of drug-likeness (QED) is 0.620.